The van der Waals surface area contributed by atoms with Gasteiger partial charge in [0.15, 0.2) is 11.6 Å². The molecule has 4 fully saturated rings. The fraction of sp³-hybridized carbons (Fsp3) is 0.778. The number of nitrogens with zero attached hydrogens (tertiary/aromatic N) is 4. The van der Waals surface area contributed by atoms with Crippen LogP contribution in [0.4, 0.5) is 4.39 Å². The van der Waals surface area contributed by atoms with Crippen molar-refractivity contribution < 1.29 is 23.8 Å². The molecule has 7 rings (SSSR count). The summed E-state index contributed by atoms with van der Waals surface area (Å²) in [6.45, 7) is 26.7. The summed E-state index contributed by atoms with van der Waals surface area (Å²) in [5.41, 5.74) is -0.213. The summed E-state index contributed by atoms with van der Waals surface area (Å²) in [4.78, 5) is 22.3. The van der Waals surface area contributed by atoms with E-state index in [0.717, 1.165) is 32.1 Å². The minimum atomic E-state index is -0.649. The second-order valence-corrected chi connectivity index (χ2v) is 21.1. The molecule has 4 aliphatic carbocycles. The predicted molar refractivity (Wildman–Crippen MR) is 212 cm³/mol. The van der Waals surface area contributed by atoms with Crippen molar-refractivity contribution in [2.24, 2.45) is 62.1 Å². The first-order chi connectivity index (χ1) is 25.6. The molecule has 304 valence electrons. The van der Waals surface area contributed by atoms with Gasteiger partial charge in [-0.3, -0.25) is 9.78 Å². The van der Waals surface area contributed by atoms with Gasteiger partial charge in [0.1, 0.15) is 6.33 Å². The number of hydrogen-bond acceptors (Lipinski definition) is 7. The molecule has 2 bridgehead atoms. The van der Waals surface area contributed by atoms with Crippen molar-refractivity contribution >= 4 is 5.97 Å². The monoisotopic (exact) mass is 762 g/mol. The number of ether oxygens (including phenoxy) is 2. The summed E-state index contributed by atoms with van der Waals surface area (Å²) in [5.74, 6) is 0.133. The number of carboxylic acid groups (broad SMARTS) is 1. The molecule has 1 saturated heterocycles. The lowest BCUT2D eigenvalue weighted by molar-refractivity contribution is -0.253. The Bertz CT molecular complexity index is 1820. The van der Waals surface area contributed by atoms with E-state index in [-0.39, 0.29) is 62.5 Å². The number of likely N-dealkylation sites (N-methyl/N-ethyl adjacent to an activating group) is 1. The molecule has 2 N–H and O–H groups in total. The number of halogens is 1. The van der Waals surface area contributed by atoms with E-state index in [1.54, 1.807) is 12.3 Å². The number of carboxylic acids is 1. The number of hydrogen-bond donors (Lipinski definition) is 2. The van der Waals surface area contributed by atoms with E-state index in [9.17, 15) is 9.90 Å². The van der Waals surface area contributed by atoms with Crippen LogP contribution < -0.4 is 5.32 Å². The summed E-state index contributed by atoms with van der Waals surface area (Å²) in [6, 6.07) is 1.42. The van der Waals surface area contributed by atoms with Crippen molar-refractivity contribution in [1.82, 2.24) is 25.1 Å². The van der Waals surface area contributed by atoms with Gasteiger partial charge < -0.3 is 19.9 Å². The van der Waals surface area contributed by atoms with Crippen LogP contribution in [-0.4, -0.2) is 69.3 Å². The maximum Gasteiger partial charge on any atom is 0.307 e. The van der Waals surface area contributed by atoms with Gasteiger partial charge in [0.2, 0.25) is 0 Å². The van der Waals surface area contributed by atoms with Gasteiger partial charge in [-0.15, -0.1) is 0 Å². The number of allylic oxidation sites excluding steroid dienone is 1. The largest absolute Gasteiger partial charge is 0.481 e. The van der Waals surface area contributed by atoms with Gasteiger partial charge in [-0.25, -0.2) is 14.1 Å². The van der Waals surface area contributed by atoms with E-state index in [1.165, 1.54) is 18.1 Å². The van der Waals surface area contributed by atoms with Crippen LogP contribution in [0.15, 0.2) is 36.4 Å². The molecule has 1 aliphatic heterocycles. The minimum absolute atomic E-state index is 0.0951. The van der Waals surface area contributed by atoms with E-state index in [2.05, 4.69) is 97.5 Å². The average molecular weight is 762 g/mol. The van der Waals surface area contributed by atoms with Crippen LogP contribution in [0.25, 0.3) is 11.4 Å². The van der Waals surface area contributed by atoms with Crippen molar-refractivity contribution in [3.63, 3.8) is 0 Å². The first-order valence-corrected chi connectivity index (χ1v) is 21.0. The quantitative estimate of drug-likeness (QED) is 0.244. The normalized spacial score (nSPS) is 40.3. The minimum Gasteiger partial charge on any atom is -0.481 e. The summed E-state index contributed by atoms with van der Waals surface area (Å²) >= 11 is 0. The summed E-state index contributed by atoms with van der Waals surface area (Å²) in [5, 5.41) is 19.6. The van der Waals surface area contributed by atoms with Crippen LogP contribution in [-0.2, 0) is 14.3 Å². The Hall–Kier alpha value is -2.69. The number of carbonyl (C=O) groups is 1. The smallest absolute Gasteiger partial charge is 0.307 e. The highest BCUT2D eigenvalue weighted by molar-refractivity contribution is 5.73. The third kappa shape index (κ3) is 5.67. The Morgan fingerprint density at radius 2 is 1.84 bits per heavy atom. The van der Waals surface area contributed by atoms with Crippen molar-refractivity contribution in [2.45, 2.75) is 132 Å². The number of nitrogens with one attached hydrogen (secondary N) is 1. The van der Waals surface area contributed by atoms with Gasteiger partial charge in [0.25, 0.3) is 0 Å². The van der Waals surface area contributed by atoms with Gasteiger partial charge in [-0.2, -0.15) is 5.10 Å². The Balaban J connectivity index is 1.36. The highest BCUT2D eigenvalue weighted by Crippen LogP contribution is 2.75. The molecule has 0 amide bonds. The number of rotatable bonds is 9. The molecule has 5 aliphatic rings. The van der Waals surface area contributed by atoms with Crippen LogP contribution in [0, 0.1) is 67.9 Å². The molecule has 12 atom stereocenters. The number of fused-ring (bicyclic) bond motifs is 3. The summed E-state index contributed by atoms with van der Waals surface area (Å²) in [7, 11) is 2.00. The average Bonchev–Trinajstić information content (AvgIpc) is 3.60. The highest BCUT2D eigenvalue weighted by Gasteiger charge is 2.72. The fourth-order valence-corrected chi connectivity index (χ4v) is 13.3. The van der Waals surface area contributed by atoms with Gasteiger partial charge in [0, 0.05) is 22.6 Å². The Labute approximate surface area is 329 Å². The highest BCUT2D eigenvalue weighted by atomic mass is 19.1. The van der Waals surface area contributed by atoms with Crippen molar-refractivity contribution in [3.8, 4) is 11.4 Å². The standard InChI is InChI=1S/C45H68FN5O4/c1-27(2)28(3)40(7)18-19-42(9)30-13-14-34-41(8)23-54-25-45(34,31(30)15-17-43(42,10)35(40)38(52)53)21-33(36(41)55-24-44(11,47-12)39(4,5)6)51-37(49-26-50-51)29-16-20-48-22-32(29)46/h15-16,20,22,26-28,30,33-36,47H,13-14,17-19,21,23-25H2,1-12H3,(H,52,53)/t28-,30+,33-,34+,35-,36+,40-,41-,42-,43+,44+,45+/m1/s1. The molecule has 2 aromatic heterocycles. The molecular formula is C45H68FN5O4. The molecule has 2 aromatic rings. The molecule has 55 heavy (non-hydrogen) atoms. The van der Waals surface area contributed by atoms with Crippen molar-refractivity contribution in [3.05, 3.63) is 42.3 Å². The molecule has 0 aromatic carbocycles. The Morgan fingerprint density at radius 1 is 1.11 bits per heavy atom. The van der Waals surface area contributed by atoms with Gasteiger partial charge in [-0.05, 0) is 104 Å². The number of pyridine rings is 1. The lowest BCUT2D eigenvalue weighted by atomic mass is 9.34. The maximum atomic E-state index is 15.5. The van der Waals surface area contributed by atoms with Gasteiger partial charge >= 0.3 is 5.97 Å². The molecule has 0 unspecified atom stereocenters. The lowest BCUT2D eigenvalue weighted by Gasteiger charge is -2.71. The summed E-state index contributed by atoms with van der Waals surface area (Å²) < 4.78 is 31.5. The van der Waals surface area contributed by atoms with E-state index in [0.29, 0.717) is 43.5 Å². The Kier molecular flexibility index (Phi) is 9.90. The van der Waals surface area contributed by atoms with E-state index in [1.807, 2.05) is 11.7 Å². The van der Waals surface area contributed by atoms with Crippen molar-refractivity contribution in [1.29, 1.82) is 0 Å². The third-order valence-electron chi connectivity index (χ3n) is 17.7. The molecular weight excluding hydrogens is 694 g/mol. The predicted octanol–water partition coefficient (Wildman–Crippen LogP) is 9.02. The molecule has 9 nitrogen and oxygen atoms in total. The summed E-state index contributed by atoms with van der Waals surface area (Å²) in [6.07, 6.45) is 11.9. The van der Waals surface area contributed by atoms with Crippen LogP contribution >= 0.6 is 0 Å². The zero-order chi connectivity index (χ0) is 40.1. The molecule has 0 spiro atoms. The van der Waals surface area contributed by atoms with Crippen LogP contribution in [0.3, 0.4) is 0 Å². The van der Waals surface area contributed by atoms with Gasteiger partial charge in [0.05, 0.1) is 49.6 Å². The third-order valence-corrected chi connectivity index (χ3v) is 17.7. The topological polar surface area (TPSA) is 111 Å². The van der Waals surface area contributed by atoms with Crippen LogP contribution in [0.1, 0.15) is 121 Å². The maximum absolute atomic E-state index is 15.5. The molecule has 0 radical (unpaired) electrons. The van der Waals surface area contributed by atoms with E-state index < -0.39 is 23.1 Å². The first kappa shape index (κ1) is 40.5. The lowest BCUT2D eigenvalue weighted by Crippen LogP contribution is -2.69. The van der Waals surface area contributed by atoms with Gasteiger partial charge in [-0.1, -0.05) is 80.9 Å². The van der Waals surface area contributed by atoms with Crippen LogP contribution in [0.5, 0.6) is 0 Å². The zero-order valence-electron chi connectivity index (χ0n) is 35.6. The van der Waals surface area contributed by atoms with Crippen LogP contribution in [0.2, 0.25) is 0 Å². The molecule has 10 heteroatoms. The number of aromatic nitrogens is 4. The van der Waals surface area contributed by atoms with Crippen molar-refractivity contribution in [2.75, 3.05) is 26.9 Å². The molecule has 3 heterocycles. The zero-order valence-corrected chi connectivity index (χ0v) is 35.6. The van der Waals surface area contributed by atoms with E-state index in [4.69, 9.17) is 14.6 Å². The second-order valence-electron chi connectivity index (χ2n) is 21.1. The Morgan fingerprint density at radius 3 is 2.47 bits per heavy atom. The second kappa shape index (κ2) is 13.4. The SMILES string of the molecule is CN[C@@](C)(CO[C@H]1[C@H](n2ncnc2-c2ccncc2F)C[C@@]23COC[C@]1(C)[C@@H]2CC[C@H]1C3=CC[C@@]2(C)[C@H](C(=O)O)[C@@](C)([C@H](C)C(C)C)CC[C@]12C)C(C)(C)C. The number of aliphatic carboxylic acids is 1. The first-order valence-electron chi connectivity index (χ1n) is 21.0. The fourth-order valence-electron chi connectivity index (χ4n) is 13.3. The van der Waals surface area contributed by atoms with E-state index >= 15 is 4.39 Å². The molecule has 3 saturated carbocycles.